The first-order valence-corrected chi connectivity index (χ1v) is 8.62. The highest BCUT2D eigenvalue weighted by Gasteiger charge is 2.43. The van der Waals surface area contributed by atoms with Gasteiger partial charge >= 0.3 is 18.3 Å². The topological polar surface area (TPSA) is 49.7 Å². The zero-order valence-electron chi connectivity index (χ0n) is 14.8. The van der Waals surface area contributed by atoms with E-state index in [1.54, 1.807) is 0 Å². The van der Waals surface area contributed by atoms with Crippen molar-refractivity contribution < 1.29 is 36.2 Å². The minimum absolute atomic E-state index is 0.0103. The number of halogens is 6. The molecule has 3 nitrogen and oxygen atoms in total. The molecule has 0 spiro atoms. The molecular weight excluding hydrogens is 388 g/mol. The maximum atomic E-state index is 13.0. The van der Waals surface area contributed by atoms with Crippen LogP contribution in [0.4, 0.5) is 26.3 Å². The number of carbonyl (C=O) groups is 1. The number of benzene rings is 1. The van der Waals surface area contributed by atoms with Crippen LogP contribution in [0.25, 0.3) is 0 Å². The molecule has 1 aliphatic rings. The molecule has 1 N–H and O–H groups in total. The highest BCUT2D eigenvalue weighted by Crippen LogP contribution is 2.38. The number of aliphatic imine (C=N–C) groups is 1. The second-order valence-corrected chi connectivity index (χ2v) is 6.77. The molecule has 0 bridgehead atoms. The molecule has 1 atom stereocenters. The molecule has 1 aromatic rings. The highest BCUT2D eigenvalue weighted by atomic mass is 19.4. The first-order chi connectivity index (χ1) is 12.9. The van der Waals surface area contributed by atoms with Gasteiger partial charge in [-0.1, -0.05) is 25.3 Å². The predicted molar refractivity (Wildman–Crippen MR) is 91.2 cm³/mol. The predicted octanol–water partition coefficient (Wildman–Crippen LogP) is 5.73. The van der Waals surface area contributed by atoms with E-state index in [9.17, 15) is 36.2 Å². The first kappa shape index (κ1) is 22.0. The van der Waals surface area contributed by atoms with Crippen LogP contribution in [0.1, 0.15) is 48.8 Å². The van der Waals surface area contributed by atoms with Gasteiger partial charge < -0.3 is 5.11 Å². The Labute approximate surface area is 157 Å². The minimum atomic E-state index is -4.99. The normalized spacial score (nSPS) is 18.8. The lowest BCUT2D eigenvalue weighted by Gasteiger charge is -2.33. The Balaban J connectivity index is 2.52. The summed E-state index contributed by atoms with van der Waals surface area (Å²) in [6.07, 6.45) is -4.59. The van der Waals surface area contributed by atoms with E-state index in [-0.39, 0.29) is 6.07 Å². The Morgan fingerprint density at radius 1 is 1.00 bits per heavy atom. The standard InChI is InChI=1S/C19H19F6NO2/c1-2-17(16(27)28,13-6-4-3-5-7-13)26-11-12-8-14(18(20,21)22)10-15(9-12)19(23,24)25/h2,8-11,13H,1,3-7H2,(H,27,28). The molecule has 28 heavy (non-hydrogen) atoms. The van der Waals surface area contributed by atoms with Gasteiger partial charge in [0.05, 0.1) is 11.1 Å². The second-order valence-electron chi connectivity index (χ2n) is 6.77. The summed E-state index contributed by atoms with van der Waals surface area (Å²) < 4.78 is 77.8. The van der Waals surface area contributed by atoms with Crippen LogP contribution in [0, 0.1) is 5.92 Å². The fourth-order valence-electron chi connectivity index (χ4n) is 3.42. The van der Waals surface area contributed by atoms with Crippen molar-refractivity contribution in [2.45, 2.75) is 50.0 Å². The molecule has 0 heterocycles. The van der Waals surface area contributed by atoms with Gasteiger partial charge in [-0.25, -0.2) is 4.79 Å². The van der Waals surface area contributed by atoms with Crippen molar-refractivity contribution in [3.63, 3.8) is 0 Å². The van der Waals surface area contributed by atoms with E-state index in [4.69, 9.17) is 0 Å². The maximum Gasteiger partial charge on any atom is 0.416 e. The molecule has 1 unspecified atom stereocenters. The third-order valence-corrected chi connectivity index (χ3v) is 4.92. The summed E-state index contributed by atoms with van der Waals surface area (Å²) in [7, 11) is 0. The second kappa shape index (κ2) is 7.97. The smallest absolute Gasteiger partial charge is 0.416 e. The molecule has 0 aliphatic heterocycles. The largest absolute Gasteiger partial charge is 0.479 e. The van der Waals surface area contributed by atoms with Gasteiger partial charge in [0.25, 0.3) is 0 Å². The molecule has 0 aromatic heterocycles. The summed E-state index contributed by atoms with van der Waals surface area (Å²) in [6, 6.07) is 1.03. The Hall–Kier alpha value is -2.32. The van der Waals surface area contributed by atoms with Crippen molar-refractivity contribution in [2.24, 2.45) is 10.9 Å². The minimum Gasteiger partial charge on any atom is -0.479 e. The molecule has 154 valence electrons. The Kier molecular flexibility index (Phi) is 6.25. The molecule has 1 fully saturated rings. The van der Waals surface area contributed by atoms with Gasteiger partial charge in [-0.2, -0.15) is 26.3 Å². The lowest BCUT2D eigenvalue weighted by molar-refractivity contribution is -0.144. The number of hydrogen-bond acceptors (Lipinski definition) is 2. The average Bonchev–Trinajstić information content (AvgIpc) is 2.61. The Bertz CT molecular complexity index is 730. The van der Waals surface area contributed by atoms with Crippen molar-refractivity contribution in [1.29, 1.82) is 0 Å². The van der Waals surface area contributed by atoms with Crippen LogP contribution in [0.5, 0.6) is 0 Å². The van der Waals surface area contributed by atoms with Gasteiger partial charge in [0, 0.05) is 6.21 Å². The van der Waals surface area contributed by atoms with Gasteiger partial charge in [0.1, 0.15) is 0 Å². The molecule has 9 heteroatoms. The van der Waals surface area contributed by atoms with Gasteiger partial charge in [-0.15, -0.1) is 6.58 Å². The Morgan fingerprint density at radius 3 is 1.89 bits per heavy atom. The molecule has 1 aliphatic carbocycles. The molecule has 2 rings (SSSR count). The van der Waals surface area contributed by atoms with E-state index in [2.05, 4.69) is 11.6 Å². The van der Waals surface area contributed by atoms with E-state index in [1.807, 2.05) is 0 Å². The van der Waals surface area contributed by atoms with E-state index in [1.165, 1.54) is 0 Å². The van der Waals surface area contributed by atoms with Crippen LogP contribution in [-0.2, 0) is 17.1 Å². The number of carboxylic acid groups (broad SMARTS) is 1. The van der Waals surface area contributed by atoms with Crippen molar-refractivity contribution >= 4 is 12.2 Å². The van der Waals surface area contributed by atoms with Gasteiger partial charge in [-0.05, 0) is 42.5 Å². The lowest BCUT2D eigenvalue weighted by Crippen LogP contribution is -2.43. The molecule has 1 aromatic carbocycles. The van der Waals surface area contributed by atoms with Gasteiger partial charge in [0.2, 0.25) is 0 Å². The number of hydrogen-bond donors (Lipinski definition) is 1. The van der Waals surface area contributed by atoms with Crippen molar-refractivity contribution in [3.05, 3.63) is 47.5 Å². The van der Waals surface area contributed by atoms with E-state index in [0.29, 0.717) is 25.0 Å². The molecule has 1 saturated carbocycles. The van der Waals surface area contributed by atoms with E-state index < -0.39 is 46.5 Å². The summed E-state index contributed by atoms with van der Waals surface area (Å²) in [5, 5.41) is 9.68. The monoisotopic (exact) mass is 407 g/mol. The number of carboxylic acids is 1. The zero-order chi connectivity index (χ0) is 21.2. The number of rotatable bonds is 5. The molecular formula is C19H19F6NO2. The van der Waals surface area contributed by atoms with Crippen LogP contribution < -0.4 is 0 Å². The summed E-state index contributed by atoms with van der Waals surface area (Å²) in [5.74, 6) is -1.77. The first-order valence-electron chi connectivity index (χ1n) is 8.62. The number of nitrogens with zero attached hydrogens (tertiary/aromatic N) is 1. The highest BCUT2D eigenvalue weighted by molar-refractivity contribution is 5.88. The maximum absolute atomic E-state index is 13.0. The molecule has 0 radical (unpaired) electrons. The summed E-state index contributed by atoms with van der Waals surface area (Å²) in [6.45, 7) is 3.50. The fourth-order valence-corrected chi connectivity index (χ4v) is 3.42. The SMILES string of the molecule is C=CC(N=Cc1cc(C(F)(F)F)cc(C(F)(F)F)c1)(C(=O)O)C1CCCCC1. The van der Waals surface area contributed by atoms with Crippen LogP contribution >= 0.6 is 0 Å². The third kappa shape index (κ3) is 4.74. The third-order valence-electron chi connectivity index (χ3n) is 4.92. The van der Waals surface area contributed by atoms with E-state index >= 15 is 0 Å². The van der Waals surface area contributed by atoms with Crippen LogP contribution in [0.3, 0.4) is 0 Å². The van der Waals surface area contributed by atoms with Crippen LogP contribution in [-0.4, -0.2) is 22.8 Å². The number of aliphatic carboxylic acids is 1. The van der Waals surface area contributed by atoms with Crippen LogP contribution in [0.2, 0.25) is 0 Å². The summed E-state index contributed by atoms with van der Waals surface area (Å²) in [4.78, 5) is 15.8. The van der Waals surface area contributed by atoms with Crippen LogP contribution in [0.15, 0.2) is 35.8 Å². The molecule has 0 amide bonds. The van der Waals surface area contributed by atoms with Gasteiger partial charge in [-0.3, -0.25) is 4.99 Å². The zero-order valence-corrected chi connectivity index (χ0v) is 14.8. The lowest BCUT2D eigenvalue weighted by atomic mass is 9.75. The summed E-state index contributed by atoms with van der Waals surface area (Å²) >= 11 is 0. The van der Waals surface area contributed by atoms with Gasteiger partial charge in [0.15, 0.2) is 5.54 Å². The average molecular weight is 407 g/mol. The van der Waals surface area contributed by atoms with Crippen molar-refractivity contribution in [1.82, 2.24) is 0 Å². The van der Waals surface area contributed by atoms with Crippen molar-refractivity contribution in [3.8, 4) is 0 Å². The van der Waals surface area contributed by atoms with Crippen molar-refractivity contribution in [2.75, 3.05) is 0 Å². The fraction of sp³-hybridized carbons (Fsp3) is 0.474. The quantitative estimate of drug-likeness (QED) is 0.385. The molecule has 0 saturated heterocycles. The summed E-state index contributed by atoms with van der Waals surface area (Å²) in [5.41, 5.74) is -5.25. The Morgan fingerprint density at radius 2 is 1.50 bits per heavy atom. The number of alkyl halides is 6. The van der Waals surface area contributed by atoms with E-state index in [0.717, 1.165) is 31.6 Å².